The molecule has 8 nitrogen and oxygen atoms in total. The lowest BCUT2D eigenvalue weighted by Crippen LogP contribution is -2.46. The summed E-state index contributed by atoms with van der Waals surface area (Å²) in [7, 11) is 0. The lowest BCUT2D eigenvalue weighted by molar-refractivity contribution is 0.0849. The summed E-state index contributed by atoms with van der Waals surface area (Å²) in [6.07, 6.45) is 1.68. The molecule has 4 rings (SSSR count). The summed E-state index contributed by atoms with van der Waals surface area (Å²) in [5.41, 5.74) is 0.339. The summed E-state index contributed by atoms with van der Waals surface area (Å²) in [6, 6.07) is 14.0. The number of hydrogen-bond donors (Lipinski definition) is 1. The Morgan fingerprint density at radius 3 is 2.75 bits per heavy atom. The van der Waals surface area contributed by atoms with Crippen molar-refractivity contribution >= 4 is 17.5 Å². The number of aromatic nitrogens is 3. The molecule has 2 heterocycles. The molecule has 1 N–H and O–H groups in total. The second-order valence-electron chi connectivity index (χ2n) is 7.75. The van der Waals surface area contributed by atoms with Crippen molar-refractivity contribution < 1.29 is 9.53 Å². The fourth-order valence-electron chi connectivity index (χ4n) is 3.66. The Kier molecular flexibility index (Phi) is 6.53. The van der Waals surface area contributed by atoms with E-state index in [4.69, 9.17) is 16.3 Å². The molecule has 0 bridgehead atoms. The van der Waals surface area contributed by atoms with Gasteiger partial charge in [-0.2, -0.15) is 9.78 Å². The standard InChI is InChI=1S/C23H23ClN4O4/c1-15-5-2-6-16(11-15)14-27-22(30)20(21(29)25-13-19-9-4-10-32-19)26-28(23(27)31)18-8-3-7-17(24)12-18/h2-3,5-8,11-12,19H,4,9-10,13-14H2,1H3,(H,25,29). The molecule has 1 atom stereocenters. The predicted octanol–water partition coefficient (Wildman–Crippen LogP) is 2.31. The number of carbonyl (C=O) groups is 1. The van der Waals surface area contributed by atoms with Gasteiger partial charge in [-0.1, -0.05) is 47.5 Å². The van der Waals surface area contributed by atoms with Crippen LogP contribution in [0, 0.1) is 6.92 Å². The lowest BCUT2D eigenvalue weighted by atomic mass is 10.1. The first kappa shape index (κ1) is 22.0. The molecule has 166 valence electrons. The van der Waals surface area contributed by atoms with Crippen molar-refractivity contribution in [2.24, 2.45) is 0 Å². The number of halogens is 1. The molecule has 0 aliphatic carbocycles. The Bertz CT molecular complexity index is 1260. The van der Waals surface area contributed by atoms with E-state index in [1.807, 2.05) is 31.2 Å². The van der Waals surface area contributed by atoms with Crippen LogP contribution in [0.25, 0.3) is 5.69 Å². The highest BCUT2D eigenvalue weighted by atomic mass is 35.5. The zero-order chi connectivity index (χ0) is 22.7. The molecule has 1 saturated heterocycles. The second-order valence-corrected chi connectivity index (χ2v) is 8.18. The molecule has 3 aromatic rings. The highest BCUT2D eigenvalue weighted by Crippen LogP contribution is 2.13. The van der Waals surface area contributed by atoms with Crippen LogP contribution in [0.5, 0.6) is 0 Å². The van der Waals surface area contributed by atoms with E-state index in [0.717, 1.165) is 33.2 Å². The third-order valence-electron chi connectivity index (χ3n) is 5.27. The Labute approximate surface area is 189 Å². The number of rotatable bonds is 6. The van der Waals surface area contributed by atoms with E-state index in [9.17, 15) is 14.4 Å². The molecule has 0 radical (unpaired) electrons. The zero-order valence-corrected chi connectivity index (χ0v) is 18.3. The van der Waals surface area contributed by atoms with Crippen molar-refractivity contribution in [2.75, 3.05) is 13.2 Å². The van der Waals surface area contributed by atoms with Crippen molar-refractivity contribution in [3.63, 3.8) is 0 Å². The lowest BCUT2D eigenvalue weighted by Gasteiger charge is -2.14. The monoisotopic (exact) mass is 454 g/mol. The van der Waals surface area contributed by atoms with Gasteiger partial charge in [0.15, 0.2) is 0 Å². The Morgan fingerprint density at radius 2 is 2.03 bits per heavy atom. The van der Waals surface area contributed by atoms with Gasteiger partial charge in [-0.3, -0.25) is 14.2 Å². The number of nitrogens with one attached hydrogen (secondary N) is 1. The van der Waals surface area contributed by atoms with E-state index in [1.165, 1.54) is 0 Å². The van der Waals surface area contributed by atoms with Crippen LogP contribution in [-0.2, 0) is 11.3 Å². The second kappa shape index (κ2) is 9.50. The van der Waals surface area contributed by atoms with Crippen molar-refractivity contribution in [3.8, 4) is 5.69 Å². The maximum Gasteiger partial charge on any atom is 0.352 e. The van der Waals surface area contributed by atoms with Crippen LogP contribution in [0.4, 0.5) is 0 Å². The summed E-state index contributed by atoms with van der Waals surface area (Å²) in [5.74, 6) is -0.653. The van der Waals surface area contributed by atoms with Gasteiger partial charge >= 0.3 is 5.69 Å². The average molecular weight is 455 g/mol. The minimum Gasteiger partial charge on any atom is -0.376 e. The van der Waals surface area contributed by atoms with Gasteiger partial charge in [0, 0.05) is 18.2 Å². The maximum absolute atomic E-state index is 13.2. The van der Waals surface area contributed by atoms with Crippen LogP contribution in [0.15, 0.2) is 58.1 Å². The van der Waals surface area contributed by atoms with E-state index < -0.39 is 17.2 Å². The minimum atomic E-state index is -0.750. The molecular weight excluding hydrogens is 432 g/mol. The highest BCUT2D eigenvalue weighted by molar-refractivity contribution is 6.30. The van der Waals surface area contributed by atoms with Gasteiger partial charge in [0.05, 0.1) is 18.3 Å². The summed E-state index contributed by atoms with van der Waals surface area (Å²) < 4.78 is 7.57. The largest absolute Gasteiger partial charge is 0.376 e. The van der Waals surface area contributed by atoms with Crippen molar-refractivity contribution in [2.45, 2.75) is 32.4 Å². The Hall–Kier alpha value is -3.23. The summed E-state index contributed by atoms with van der Waals surface area (Å²) in [6.45, 7) is 2.86. The number of aryl methyl sites for hydroxylation is 1. The predicted molar refractivity (Wildman–Crippen MR) is 121 cm³/mol. The third kappa shape index (κ3) is 4.81. The number of nitrogens with zero attached hydrogens (tertiary/aromatic N) is 3. The number of carbonyl (C=O) groups excluding carboxylic acids is 1. The molecule has 1 unspecified atom stereocenters. The van der Waals surface area contributed by atoms with Gasteiger partial charge < -0.3 is 10.1 Å². The van der Waals surface area contributed by atoms with Gasteiger partial charge in [-0.25, -0.2) is 4.79 Å². The fraction of sp³-hybridized carbons (Fsp3) is 0.304. The van der Waals surface area contributed by atoms with Crippen LogP contribution < -0.4 is 16.6 Å². The first-order valence-corrected chi connectivity index (χ1v) is 10.8. The molecule has 1 aliphatic heterocycles. The van der Waals surface area contributed by atoms with E-state index in [2.05, 4.69) is 10.4 Å². The van der Waals surface area contributed by atoms with Gasteiger partial charge in [-0.15, -0.1) is 0 Å². The van der Waals surface area contributed by atoms with Gasteiger partial charge in [-0.05, 0) is 43.5 Å². The van der Waals surface area contributed by atoms with Crippen molar-refractivity contribution in [3.05, 3.63) is 91.2 Å². The van der Waals surface area contributed by atoms with E-state index in [-0.39, 0.29) is 24.9 Å². The minimum absolute atomic E-state index is 0.00838. The number of benzene rings is 2. The molecule has 2 aromatic carbocycles. The molecule has 0 saturated carbocycles. The van der Waals surface area contributed by atoms with Crippen molar-refractivity contribution in [1.29, 1.82) is 0 Å². The van der Waals surface area contributed by atoms with Crippen LogP contribution >= 0.6 is 11.6 Å². The van der Waals surface area contributed by atoms with Crippen LogP contribution in [0.3, 0.4) is 0 Å². The topological polar surface area (TPSA) is 95.2 Å². The molecule has 0 spiro atoms. The van der Waals surface area contributed by atoms with Crippen LogP contribution in [0.1, 0.15) is 34.5 Å². The van der Waals surface area contributed by atoms with Crippen LogP contribution in [-0.4, -0.2) is 39.5 Å². The molecule has 1 aromatic heterocycles. The van der Waals surface area contributed by atoms with Crippen LogP contribution in [0.2, 0.25) is 5.02 Å². The average Bonchev–Trinajstić information content (AvgIpc) is 3.29. The summed E-state index contributed by atoms with van der Waals surface area (Å²) in [4.78, 5) is 39.2. The van der Waals surface area contributed by atoms with Gasteiger partial charge in [0.2, 0.25) is 5.69 Å². The quantitative estimate of drug-likeness (QED) is 0.616. The smallest absolute Gasteiger partial charge is 0.352 e. The van der Waals surface area contributed by atoms with Gasteiger partial charge in [0.25, 0.3) is 11.5 Å². The normalized spacial score (nSPS) is 15.6. The van der Waals surface area contributed by atoms with Gasteiger partial charge in [0.1, 0.15) is 0 Å². The molecule has 1 fully saturated rings. The Balaban J connectivity index is 1.77. The first-order chi connectivity index (χ1) is 15.4. The van der Waals surface area contributed by atoms with E-state index in [1.54, 1.807) is 24.3 Å². The molecule has 1 aliphatic rings. The van der Waals surface area contributed by atoms with E-state index >= 15 is 0 Å². The molecule has 32 heavy (non-hydrogen) atoms. The number of amides is 1. The summed E-state index contributed by atoms with van der Waals surface area (Å²) in [5, 5.41) is 7.22. The first-order valence-electron chi connectivity index (χ1n) is 10.4. The SMILES string of the molecule is Cc1cccc(Cn2c(=O)c(C(=O)NCC3CCCO3)nn(-c3cccc(Cl)c3)c2=O)c1. The maximum atomic E-state index is 13.2. The van der Waals surface area contributed by atoms with E-state index in [0.29, 0.717) is 17.3 Å². The fourth-order valence-corrected chi connectivity index (χ4v) is 3.85. The molecule has 9 heteroatoms. The third-order valence-corrected chi connectivity index (χ3v) is 5.50. The molecule has 1 amide bonds. The number of ether oxygens (including phenoxy) is 1. The molecular formula is C23H23ClN4O4. The zero-order valence-electron chi connectivity index (χ0n) is 17.6. The summed E-state index contributed by atoms with van der Waals surface area (Å²) >= 11 is 6.09. The highest BCUT2D eigenvalue weighted by Gasteiger charge is 2.22. The number of hydrogen-bond acceptors (Lipinski definition) is 5. The van der Waals surface area contributed by atoms with Crippen molar-refractivity contribution in [1.82, 2.24) is 19.7 Å². The Morgan fingerprint density at radius 1 is 1.22 bits per heavy atom.